The van der Waals surface area contributed by atoms with Crippen molar-refractivity contribution in [1.29, 1.82) is 0 Å². The maximum absolute atomic E-state index is 11.2. The van der Waals surface area contributed by atoms with Crippen LogP contribution in [0.2, 0.25) is 0 Å². The summed E-state index contributed by atoms with van der Waals surface area (Å²) in [6.45, 7) is 0.912. The molecule has 1 saturated carbocycles. The van der Waals surface area contributed by atoms with Crippen molar-refractivity contribution < 1.29 is 4.79 Å². The van der Waals surface area contributed by atoms with Crippen LogP contribution in [-0.4, -0.2) is 33.3 Å². The lowest BCUT2D eigenvalue weighted by Gasteiger charge is -2.30. The van der Waals surface area contributed by atoms with Gasteiger partial charge in [0.25, 0.3) is 0 Å². The van der Waals surface area contributed by atoms with E-state index in [2.05, 4.69) is 16.9 Å². The predicted octanol–water partition coefficient (Wildman–Crippen LogP) is 1.36. The molecule has 0 atom stereocenters. The molecule has 0 bridgehead atoms. The first-order valence-corrected chi connectivity index (χ1v) is 5.84. The van der Waals surface area contributed by atoms with Crippen LogP contribution in [0.1, 0.15) is 31.4 Å². The van der Waals surface area contributed by atoms with Crippen LogP contribution < -0.4 is 0 Å². The van der Waals surface area contributed by atoms with Gasteiger partial charge in [-0.2, -0.15) is 0 Å². The fourth-order valence-corrected chi connectivity index (χ4v) is 2.29. The largest absolute Gasteiger partial charge is 0.337 e. The minimum atomic E-state index is 0.421. The van der Waals surface area contributed by atoms with Crippen LogP contribution in [-0.2, 0) is 18.4 Å². The van der Waals surface area contributed by atoms with Crippen LogP contribution in [0.25, 0.3) is 0 Å². The van der Waals surface area contributed by atoms with E-state index in [1.54, 1.807) is 0 Å². The highest BCUT2D eigenvalue weighted by Crippen LogP contribution is 2.20. The van der Waals surface area contributed by atoms with Crippen LogP contribution in [0.3, 0.4) is 0 Å². The molecule has 1 heterocycles. The Morgan fingerprint density at radius 1 is 1.50 bits per heavy atom. The highest BCUT2D eigenvalue weighted by Gasteiger charge is 2.22. The van der Waals surface area contributed by atoms with Crippen molar-refractivity contribution in [2.75, 3.05) is 7.05 Å². The average molecular weight is 221 g/mol. The van der Waals surface area contributed by atoms with Crippen molar-refractivity contribution in [3.05, 3.63) is 18.2 Å². The fourth-order valence-electron chi connectivity index (χ4n) is 2.29. The monoisotopic (exact) mass is 221 g/mol. The van der Waals surface area contributed by atoms with Gasteiger partial charge in [-0.15, -0.1) is 0 Å². The molecule has 0 spiro atoms. The van der Waals surface area contributed by atoms with Gasteiger partial charge >= 0.3 is 0 Å². The lowest BCUT2D eigenvalue weighted by atomic mass is 9.93. The number of hydrogen-bond donors (Lipinski definition) is 0. The topological polar surface area (TPSA) is 38.1 Å². The van der Waals surface area contributed by atoms with Gasteiger partial charge in [-0.25, -0.2) is 4.98 Å². The normalized spacial score (nSPS) is 18.3. The third kappa shape index (κ3) is 2.50. The van der Waals surface area contributed by atoms with E-state index in [9.17, 15) is 4.79 Å². The van der Waals surface area contributed by atoms with Gasteiger partial charge in [0.05, 0.1) is 12.0 Å². The third-order valence-corrected chi connectivity index (χ3v) is 3.46. The van der Waals surface area contributed by atoms with E-state index in [0.29, 0.717) is 11.8 Å². The standard InChI is InChI=1S/C12H19N3O/c1-14(8-11-7-13-9-15(11)2)10-3-5-12(16)6-4-10/h7,9-10H,3-6,8H2,1-2H3. The number of imidazole rings is 1. The zero-order valence-corrected chi connectivity index (χ0v) is 10.0. The third-order valence-electron chi connectivity index (χ3n) is 3.46. The Kier molecular flexibility index (Phi) is 3.39. The maximum Gasteiger partial charge on any atom is 0.133 e. The van der Waals surface area contributed by atoms with Crippen molar-refractivity contribution in [1.82, 2.24) is 14.5 Å². The summed E-state index contributed by atoms with van der Waals surface area (Å²) in [5.74, 6) is 0.421. The Morgan fingerprint density at radius 3 is 2.75 bits per heavy atom. The van der Waals surface area contributed by atoms with Gasteiger partial charge < -0.3 is 4.57 Å². The van der Waals surface area contributed by atoms with E-state index < -0.39 is 0 Å². The van der Waals surface area contributed by atoms with Crippen molar-refractivity contribution in [3.63, 3.8) is 0 Å². The van der Waals surface area contributed by atoms with E-state index in [0.717, 1.165) is 32.2 Å². The van der Waals surface area contributed by atoms with Gasteiger partial charge in [-0.05, 0) is 19.9 Å². The molecule has 4 heteroatoms. The van der Waals surface area contributed by atoms with Crippen molar-refractivity contribution in [3.8, 4) is 0 Å². The summed E-state index contributed by atoms with van der Waals surface area (Å²) < 4.78 is 2.05. The number of nitrogens with zero attached hydrogens (tertiary/aromatic N) is 3. The van der Waals surface area contributed by atoms with E-state index >= 15 is 0 Å². The van der Waals surface area contributed by atoms with Crippen molar-refractivity contribution >= 4 is 5.78 Å². The van der Waals surface area contributed by atoms with Gasteiger partial charge in [0, 0.05) is 38.7 Å². The molecule has 0 aromatic carbocycles. The van der Waals surface area contributed by atoms with Crippen LogP contribution in [0.15, 0.2) is 12.5 Å². The highest BCUT2D eigenvalue weighted by atomic mass is 16.1. The first-order valence-electron chi connectivity index (χ1n) is 5.84. The van der Waals surface area contributed by atoms with Crippen LogP contribution in [0, 0.1) is 0 Å². The minimum absolute atomic E-state index is 0.421. The van der Waals surface area contributed by atoms with Crippen molar-refractivity contribution in [2.24, 2.45) is 7.05 Å². The van der Waals surface area contributed by atoms with Gasteiger partial charge in [0.15, 0.2) is 0 Å². The molecule has 2 rings (SSSR count). The fraction of sp³-hybridized carbons (Fsp3) is 0.667. The summed E-state index contributed by atoms with van der Waals surface area (Å²) in [6.07, 6.45) is 7.25. The minimum Gasteiger partial charge on any atom is -0.337 e. The first-order chi connectivity index (χ1) is 7.66. The zero-order valence-electron chi connectivity index (χ0n) is 10.0. The van der Waals surface area contributed by atoms with E-state index in [4.69, 9.17) is 0 Å². The number of aromatic nitrogens is 2. The van der Waals surface area contributed by atoms with Crippen molar-refractivity contribution in [2.45, 2.75) is 38.3 Å². The Balaban J connectivity index is 1.91. The van der Waals surface area contributed by atoms with Gasteiger partial charge in [0.1, 0.15) is 5.78 Å². The smallest absolute Gasteiger partial charge is 0.133 e. The van der Waals surface area contributed by atoms with Crippen LogP contribution >= 0.6 is 0 Å². The Labute approximate surface area is 96.3 Å². The number of carbonyl (C=O) groups excluding carboxylic acids is 1. The molecular formula is C12H19N3O. The molecular weight excluding hydrogens is 202 g/mol. The number of carbonyl (C=O) groups is 1. The lowest BCUT2D eigenvalue weighted by Crippen LogP contribution is -2.35. The Morgan fingerprint density at radius 2 is 2.19 bits per heavy atom. The Bertz CT molecular complexity index is 362. The molecule has 0 amide bonds. The molecule has 0 N–H and O–H groups in total. The quantitative estimate of drug-likeness (QED) is 0.773. The zero-order chi connectivity index (χ0) is 11.5. The number of aryl methyl sites for hydroxylation is 1. The molecule has 88 valence electrons. The molecule has 0 radical (unpaired) electrons. The molecule has 1 aliphatic rings. The number of hydrogen-bond acceptors (Lipinski definition) is 3. The molecule has 4 nitrogen and oxygen atoms in total. The van der Waals surface area contributed by atoms with Gasteiger partial charge in [-0.1, -0.05) is 0 Å². The lowest BCUT2D eigenvalue weighted by molar-refractivity contribution is -0.121. The number of ketones is 1. The molecule has 16 heavy (non-hydrogen) atoms. The second-order valence-corrected chi connectivity index (χ2v) is 4.68. The van der Waals surface area contributed by atoms with Gasteiger partial charge in [0.2, 0.25) is 0 Å². The summed E-state index contributed by atoms with van der Waals surface area (Å²) in [5.41, 5.74) is 1.22. The number of Topliss-reactive ketones (excluding diaryl/α,β-unsaturated/α-hetero) is 1. The SMILES string of the molecule is CN(Cc1cncn1C)C1CCC(=O)CC1. The molecule has 1 aromatic rings. The van der Waals surface area contributed by atoms with E-state index in [1.165, 1.54) is 5.69 Å². The molecule has 1 aromatic heterocycles. The van der Waals surface area contributed by atoms with E-state index in [1.807, 2.05) is 24.1 Å². The summed E-state index contributed by atoms with van der Waals surface area (Å²) in [5, 5.41) is 0. The summed E-state index contributed by atoms with van der Waals surface area (Å²) >= 11 is 0. The molecule has 1 aliphatic carbocycles. The summed E-state index contributed by atoms with van der Waals surface area (Å²) in [7, 11) is 4.15. The maximum atomic E-state index is 11.2. The van der Waals surface area contributed by atoms with E-state index in [-0.39, 0.29) is 0 Å². The predicted molar refractivity (Wildman–Crippen MR) is 61.9 cm³/mol. The molecule has 0 unspecified atom stereocenters. The molecule has 0 aliphatic heterocycles. The summed E-state index contributed by atoms with van der Waals surface area (Å²) in [6, 6.07) is 0.549. The van der Waals surface area contributed by atoms with Crippen LogP contribution in [0.5, 0.6) is 0 Å². The summed E-state index contributed by atoms with van der Waals surface area (Å²) in [4.78, 5) is 17.6. The molecule has 1 fully saturated rings. The van der Waals surface area contributed by atoms with Crippen LogP contribution in [0.4, 0.5) is 0 Å². The first kappa shape index (κ1) is 11.3. The second-order valence-electron chi connectivity index (χ2n) is 4.68. The molecule has 0 saturated heterocycles. The highest BCUT2D eigenvalue weighted by molar-refractivity contribution is 5.79. The Hall–Kier alpha value is -1.16. The average Bonchev–Trinajstić information content (AvgIpc) is 2.65. The number of rotatable bonds is 3. The van der Waals surface area contributed by atoms with Gasteiger partial charge in [-0.3, -0.25) is 9.69 Å². The second kappa shape index (κ2) is 4.78.